The van der Waals surface area contributed by atoms with Crippen molar-refractivity contribution in [2.24, 2.45) is 0 Å². The third-order valence-corrected chi connectivity index (χ3v) is 11.6. The Morgan fingerprint density at radius 2 is 0.611 bits per heavy atom. The predicted molar refractivity (Wildman–Crippen MR) is 311 cm³/mol. The number of hydrogen-bond donors (Lipinski definition) is 6. The van der Waals surface area contributed by atoms with Crippen LogP contribution in [0.5, 0.6) is 0 Å². The summed E-state index contributed by atoms with van der Waals surface area (Å²) >= 11 is 4.65. The van der Waals surface area contributed by atoms with Crippen LogP contribution >= 0.6 is 47.0 Å². The fraction of sp³-hybridized carbons (Fsp3) is 0.250. The van der Waals surface area contributed by atoms with Gasteiger partial charge >= 0.3 is 6.03 Å². The van der Waals surface area contributed by atoms with Gasteiger partial charge in [0.05, 0.1) is 0 Å². The molecular weight excluding hydrogens is 981 g/mol. The summed E-state index contributed by atoms with van der Waals surface area (Å²) < 4.78 is 0. The largest absolute Gasteiger partial charge is 0.350 e. The molecule has 0 heterocycles. The summed E-state index contributed by atoms with van der Waals surface area (Å²) in [7, 11) is 6.36. The molecule has 16 heteroatoms. The molecule has 6 aromatic carbocycles. The lowest BCUT2D eigenvalue weighted by Gasteiger charge is -2.08. The highest BCUT2D eigenvalue weighted by Crippen LogP contribution is 2.18. The number of hydrogen-bond acceptors (Lipinski definition) is 10. The number of benzene rings is 6. The fourth-order valence-electron chi connectivity index (χ4n) is 5.69. The molecule has 0 aliphatic carbocycles. The molecule has 384 valence electrons. The van der Waals surface area contributed by atoms with Gasteiger partial charge in [-0.15, -0.1) is 0 Å². The topological polar surface area (TPSA) is 175 Å². The highest BCUT2D eigenvalue weighted by atomic mass is 32.2. The van der Waals surface area contributed by atoms with E-state index < -0.39 is 0 Å². The average molecular weight is 1050 g/mol. The number of Topliss-reactive ketones (excluding diaryl/α,β-unsaturated/α-hetero) is 1. The second-order valence-electron chi connectivity index (χ2n) is 15.1. The summed E-state index contributed by atoms with van der Waals surface area (Å²) in [4.78, 5) is 65.8. The number of carbonyl (C=O) groups excluding carboxylic acids is 6. The van der Waals surface area contributed by atoms with Crippen LogP contribution in [-0.2, 0) is 30.5 Å². The molecule has 12 nitrogen and oxygen atoms in total. The molecular formula is C56H70N6O6S4. The van der Waals surface area contributed by atoms with Crippen molar-refractivity contribution >= 4 is 91.2 Å². The SMILES string of the molecule is CNC(=O)NC.CNC(=O)SC.CNC(=O)SC.CSC(=O)Nc1ccc(Cc2ccc(CC(=O)Cc3ccc(Cc4ccc(NC(=O)SC)cc4)cc3)cc2)cc1.Cc1ccccc1.Cc1ccccc1. The van der Waals surface area contributed by atoms with E-state index in [2.05, 4.69) is 94.3 Å². The minimum absolute atomic E-state index is 0.00926. The van der Waals surface area contributed by atoms with Gasteiger partial charge in [0.2, 0.25) is 0 Å². The number of amides is 6. The van der Waals surface area contributed by atoms with Crippen molar-refractivity contribution < 1.29 is 28.8 Å². The molecule has 0 saturated heterocycles. The zero-order valence-electron chi connectivity index (χ0n) is 42.9. The van der Waals surface area contributed by atoms with Crippen molar-refractivity contribution in [2.75, 3.05) is 63.8 Å². The smallest absolute Gasteiger partial charge is 0.314 e. The fourth-order valence-corrected chi connectivity index (χ4v) is 6.53. The summed E-state index contributed by atoms with van der Waals surface area (Å²) in [6.07, 6.45) is 9.36. The van der Waals surface area contributed by atoms with Crippen molar-refractivity contribution in [1.29, 1.82) is 0 Å². The Balaban J connectivity index is 0.000000643. The van der Waals surface area contributed by atoms with Crippen molar-refractivity contribution in [3.63, 3.8) is 0 Å². The maximum atomic E-state index is 12.7. The van der Waals surface area contributed by atoms with Gasteiger partial charge in [-0.25, -0.2) is 4.79 Å². The van der Waals surface area contributed by atoms with Crippen molar-refractivity contribution in [3.05, 3.63) is 202 Å². The van der Waals surface area contributed by atoms with E-state index in [1.807, 2.05) is 109 Å². The molecule has 6 aromatic rings. The molecule has 0 bridgehead atoms. The zero-order chi connectivity index (χ0) is 53.5. The van der Waals surface area contributed by atoms with Crippen LogP contribution in [0.4, 0.5) is 35.3 Å². The van der Waals surface area contributed by atoms with E-state index in [1.165, 1.54) is 45.8 Å². The maximum Gasteiger partial charge on any atom is 0.314 e. The average Bonchev–Trinajstić information content (AvgIpc) is 3.41. The normalized spacial score (nSPS) is 9.47. The Hall–Kier alpha value is -6.46. The number of ketones is 1. The van der Waals surface area contributed by atoms with Crippen LogP contribution in [0.15, 0.2) is 158 Å². The number of anilines is 2. The van der Waals surface area contributed by atoms with Crippen LogP contribution in [0.1, 0.15) is 44.5 Å². The Labute approximate surface area is 444 Å². The third-order valence-electron chi connectivity index (χ3n) is 9.55. The van der Waals surface area contributed by atoms with Gasteiger partial charge in [-0.1, -0.05) is 192 Å². The molecule has 0 aromatic heterocycles. The van der Waals surface area contributed by atoms with Gasteiger partial charge in [-0.2, -0.15) is 0 Å². The van der Waals surface area contributed by atoms with Crippen LogP contribution in [0.25, 0.3) is 0 Å². The Bertz CT molecular complexity index is 2260. The molecule has 0 fully saturated rings. The standard InChI is InChI=1S/C33H32N2O3S2.2C7H8.C3H8N2O.2C3H7NOS/c1-39-32(37)34-29-15-11-25(12-16-29)19-23-3-7-27(8-4-23)21-31(36)22-28-9-5-24(6-10-28)20-26-13-17-30(18-14-26)35-33(38)40-2;2*1-7-5-3-2-4-6-7;1-4-3(6)5-2;2*1-4-3(5)6-2/h3-18H,19-22H2,1-2H3,(H,34,37)(H,35,38);2*2-6H,1H3;1-2H3,(H2,4,5,6);2*1-2H3,(H,4,5). The monoisotopic (exact) mass is 1050 g/mol. The van der Waals surface area contributed by atoms with E-state index in [0.29, 0.717) is 12.8 Å². The maximum absolute atomic E-state index is 12.7. The van der Waals surface area contributed by atoms with Crippen molar-refractivity contribution in [2.45, 2.75) is 39.5 Å². The zero-order valence-corrected chi connectivity index (χ0v) is 46.2. The number of rotatable bonds is 10. The highest BCUT2D eigenvalue weighted by molar-refractivity contribution is 8.13. The molecule has 0 aliphatic heterocycles. The molecule has 0 atom stereocenters. The second kappa shape index (κ2) is 39.2. The lowest BCUT2D eigenvalue weighted by molar-refractivity contribution is -0.117. The van der Waals surface area contributed by atoms with Gasteiger partial charge in [0.1, 0.15) is 5.78 Å². The van der Waals surface area contributed by atoms with Crippen LogP contribution in [0, 0.1) is 13.8 Å². The lowest BCUT2D eigenvalue weighted by Crippen LogP contribution is -2.28. The molecule has 0 radical (unpaired) electrons. The minimum atomic E-state index is -0.157. The molecule has 0 spiro atoms. The quantitative estimate of drug-likeness (QED) is 0.0775. The molecule has 6 amide bonds. The number of thioether (sulfide) groups is 4. The Kier molecular flexibility index (Phi) is 34.6. The summed E-state index contributed by atoms with van der Waals surface area (Å²) in [6, 6.07) is 52.5. The first-order chi connectivity index (χ1) is 34.6. The van der Waals surface area contributed by atoms with E-state index in [4.69, 9.17) is 0 Å². The number of aryl methyl sites for hydroxylation is 2. The van der Waals surface area contributed by atoms with E-state index in [-0.39, 0.29) is 32.8 Å². The van der Waals surface area contributed by atoms with E-state index >= 15 is 0 Å². The van der Waals surface area contributed by atoms with Crippen LogP contribution in [0.2, 0.25) is 0 Å². The summed E-state index contributed by atoms with van der Waals surface area (Å²) in [5, 5.41) is 15.1. The first-order valence-corrected chi connectivity index (χ1v) is 27.5. The van der Waals surface area contributed by atoms with Gasteiger partial charge in [0.15, 0.2) is 0 Å². The van der Waals surface area contributed by atoms with E-state index in [9.17, 15) is 28.8 Å². The van der Waals surface area contributed by atoms with Crippen LogP contribution in [-0.4, -0.2) is 86.0 Å². The predicted octanol–water partition coefficient (Wildman–Crippen LogP) is 12.9. The van der Waals surface area contributed by atoms with Gasteiger partial charge in [-0.3, -0.25) is 24.0 Å². The van der Waals surface area contributed by atoms with Crippen molar-refractivity contribution in [1.82, 2.24) is 21.3 Å². The minimum Gasteiger partial charge on any atom is -0.350 e. The highest BCUT2D eigenvalue weighted by Gasteiger charge is 2.08. The molecule has 0 unspecified atom stereocenters. The van der Waals surface area contributed by atoms with Crippen LogP contribution < -0.4 is 31.9 Å². The number of nitrogens with one attached hydrogen (secondary N) is 6. The molecule has 6 rings (SSSR count). The Morgan fingerprint density at radius 1 is 0.347 bits per heavy atom. The third kappa shape index (κ3) is 31.0. The molecule has 0 saturated carbocycles. The molecule has 6 N–H and O–H groups in total. The van der Waals surface area contributed by atoms with Gasteiger partial charge in [0, 0.05) is 52.4 Å². The van der Waals surface area contributed by atoms with Gasteiger partial charge in [0.25, 0.3) is 21.0 Å². The Morgan fingerprint density at radius 3 is 0.806 bits per heavy atom. The summed E-state index contributed by atoms with van der Waals surface area (Å²) in [5.41, 5.74) is 10.9. The lowest BCUT2D eigenvalue weighted by atomic mass is 9.98. The molecule has 72 heavy (non-hydrogen) atoms. The number of urea groups is 1. The van der Waals surface area contributed by atoms with E-state index in [1.54, 1.807) is 53.2 Å². The first kappa shape index (κ1) is 63.6. The van der Waals surface area contributed by atoms with Gasteiger partial charge < -0.3 is 31.9 Å². The second-order valence-corrected chi connectivity index (χ2v) is 18.2. The van der Waals surface area contributed by atoms with E-state index in [0.717, 1.165) is 70.0 Å². The summed E-state index contributed by atoms with van der Waals surface area (Å²) in [6.45, 7) is 4.17. The molecule has 0 aliphatic rings. The number of carbonyl (C=O) groups is 6. The van der Waals surface area contributed by atoms with Gasteiger partial charge in [-0.05, 0) is 109 Å². The summed E-state index contributed by atoms with van der Waals surface area (Å²) in [5.74, 6) is 0.186. The van der Waals surface area contributed by atoms with Crippen molar-refractivity contribution in [3.8, 4) is 0 Å². The van der Waals surface area contributed by atoms with Crippen LogP contribution in [0.3, 0.4) is 0 Å². The first-order valence-electron chi connectivity index (χ1n) is 22.6.